The molecule has 9 heteroatoms. The third-order valence-electron chi connectivity index (χ3n) is 6.72. The molecule has 2 aliphatic heterocycles. The van der Waals surface area contributed by atoms with Gasteiger partial charge in [0.05, 0.1) is 0 Å². The average molecular weight is 453 g/mol. The predicted octanol–water partition coefficient (Wildman–Crippen LogP) is 3.27. The summed E-state index contributed by atoms with van der Waals surface area (Å²) in [6.45, 7) is 9.30. The van der Waals surface area contributed by atoms with Crippen LogP contribution in [0.4, 0.5) is 10.2 Å². The number of carbonyl (C=O) groups excluding carboxylic acids is 1. The molecule has 0 N–H and O–H groups in total. The van der Waals surface area contributed by atoms with Crippen molar-refractivity contribution in [1.82, 2.24) is 24.4 Å². The Kier molecular flexibility index (Phi) is 5.74. The van der Waals surface area contributed by atoms with E-state index in [4.69, 9.17) is 19.7 Å². The number of nitrogens with zero attached hydrogens (tertiary/aromatic N) is 6. The van der Waals surface area contributed by atoms with Crippen molar-refractivity contribution in [1.29, 1.82) is 0 Å². The molecule has 2 fully saturated rings. The Morgan fingerprint density at radius 3 is 2.48 bits per heavy atom. The summed E-state index contributed by atoms with van der Waals surface area (Å²) >= 11 is 0. The number of amides is 1. The molecule has 33 heavy (non-hydrogen) atoms. The predicted molar refractivity (Wildman–Crippen MR) is 124 cm³/mol. The zero-order valence-corrected chi connectivity index (χ0v) is 19.3. The third kappa shape index (κ3) is 3.94. The Morgan fingerprint density at radius 1 is 1.06 bits per heavy atom. The molecule has 174 valence electrons. The Balaban J connectivity index is 1.67. The molecular weight excluding hydrogens is 423 g/mol. The van der Waals surface area contributed by atoms with Gasteiger partial charge in [0.1, 0.15) is 17.5 Å². The largest absolute Gasteiger partial charge is 0.381 e. The zero-order valence-electron chi connectivity index (χ0n) is 19.3. The average Bonchev–Trinajstić information content (AvgIpc) is 3.20. The molecular formula is C24H29FN6O2. The molecule has 0 spiro atoms. The van der Waals surface area contributed by atoms with E-state index < -0.39 is 0 Å². The van der Waals surface area contributed by atoms with Crippen LogP contribution in [0, 0.1) is 19.7 Å². The van der Waals surface area contributed by atoms with E-state index in [2.05, 4.69) is 9.47 Å². The van der Waals surface area contributed by atoms with Crippen LogP contribution in [0.25, 0.3) is 22.6 Å². The number of aryl methyl sites for hydroxylation is 1. The third-order valence-corrected chi connectivity index (χ3v) is 6.72. The van der Waals surface area contributed by atoms with Crippen molar-refractivity contribution in [3.8, 4) is 11.4 Å². The van der Waals surface area contributed by atoms with E-state index in [0.29, 0.717) is 50.8 Å². The molecule has 0 atom stereocenters. The van der Waals surface area contributed by atoms with Gasteiger partial charge in [-0.3, -0.25) is 4.79 Å². The lowest BCUT2D eigenvalue weighted by Gasteiger charge is -2.35. The summed E-state index contributed by atoms with van der Waals surface area (Å²) in [7, 11) is 0. The number of ether oxygens (including phenoxy) is 1. The summed E-state index contributed by atoms with van der Waals surface area (Å²) < 4.78 is 22.3. The minimum atomic E-state index is -0.249. The number of rotatable bonds is 3. The normalized spacial score (nSPS) is 17.7. The highest BCUT2D eigenvalue weighted by Crippen LogP contribution is 2.36. The Bertz CT molecular complexity index is 1200. The van der Waals surface area contributed by atoms with Gasteiger partial charge in [0.2, 0.25) is 5.91 Å². The van der Waals surface area contributed by atoms with Crippen LogP contribution in [0.3, 0.4) is 0 Å². The molecule has 0 unspecified atom stereocenters. The van der Waals surface area contributed by atoms with Crippen molar-refractivity contribution >= 4 is 22.9 Å². The molecule has 5 rings (SSSR count). The summed E-state index contributed by atoms with van der Waals surface area (Å²) in [6, 6.07) is 5.29. The lowest BCUT2D eigenvalue weighted by molar-refractivity contribution is -0.129. The van der Waals surface area contributed by atoms with E-state index >= 15 is 0 Å². The molecule has 2 saturated heterocycles. The van der Waals surface area contributed by atoms with Gasteiger partial charge < -0.3 is 19.1 Å². The highest BCUT2D eigenvalue weighted by Gasteiger charge is 2.29. The Morgan fingerprint density at radius 2 is 1.79 bits per heavy atom. The van der Waals surface area contributed by atoms with Gasteiger partial charge in [0.15, 0.2) is 17.0 Å². The van der Waals surface area contributed by atoms with Crippen LogP contribution < -0.4 is 4.90 Å². The molecule has 1 amide bonds. The molecule has 0 saturated carbocycles. The maximum absolute atomic E-state index is 14.5. The van der Waals surface area contributed by atoms with Gasteiger partial charge in [-0.2, -0.15) is 0 Å². The van der Waals surface area contributed by atoms with Gasteiger partial charge in [0.25, 0.3) is 0 Å². The summed E-state index contributed by atoms with van der Waals surface area (Å²) in [4.78, 5) is 30.4. The van der Waals surface area contributed by atoms with Gasteiger partial charge in [-0.05, 0) is 38.3 Å². The van der Waals surface area contributed by atoms with Crippen LogP contribution in [0.5, 0.6) is 0 Å². The number of hydrogen-bond acceptors (Lipinski definition) is 6. The van der Waals surface area contributed by atoms with E-state index in [-0.39, 0.29) is 17.8 Å². The smallest absolute Gasteiger partial charge is 0.219 e. The van der Waals surface area contributed by atoms with Crippen molar-refractivity contribution in [2.45, 2.75) is 39.7 Å². The van der Waals surface area contributed by atoms with E-state index in [1.165, 1.54) is 6.07 Å². The van der Waals surface area contributed by atoms with Crippen molar-refractivity contribution in [2.24, 2.45) is 0 Å². The molecule has 2 aromatic heterocycles. The zero-order chi connectivity index (χ0) is 23.1. The quantitative estimate of drug-likeness (QED) is 0.607. The van der Waals surface area contributed by atoms with Gasteiger partial charge in [-0.25, -0.2) is 19.3 Å². The van der Waals surface area contributed by atoms with E-state index in [1.54, 1.807) is 19.9 Å². The van der Waals surface area contributed by atoms with E-state index in [9.17, 15) is 9.18 Å². The number of carbonyl (C=O) groups is 1. The van der Waals surface area contributed by atoms with Gasteiger partial charge >= 0.3 is 0 Å². The van der Waals surface area contributed by atoms with Gasteiger partial charge in [0, 0.05) is 57.9 Å². The summed E-state index contributed by atoms with van der Waals surface area (Å²) in [5, 5.41) is 0. The summed E-state index contributed by atoms with van der Waals surface area (Å²) in [5.41, 5.74) is 2.84. The standard InChI is InChI=1S/C24H29FN6O2/c1-15-19(5-4-6-20(15)25)22-28-21-23(30-11-9-29(10-12-30)17(3)32)26-16(2)27-24(21)31(22)18-7-13-33-14-8-18/h4-6,18H,7-14H2,1-3H3. The summed E-state index contributed by atoms with van der Waals surface area (Å²) in [6.07, 6.45) is 1.70. The lowest BCUT2D eigenvalue weighted by Crippen LogP contribution is -2.48. The number of aromatic nitrogens is 4. The molecule has 8 nitrogen and oxygen atoms in total. The molecule has 0 aliphatic carbocycles. The minimum absolute atomic E-state index is 0.0892. The second-order valence-electron chi connectivity index (χ2n) is 8.82. The number of benzene rings is 1. The van der Waals surface area contributed by atoms with E-state index in [0.717, 1.165) is 41.2 Å². The first-order valence-electron chi connectivity index (χ1n) is 11.5. The molecule has 1 aromatic carbocycles. The Hall–Kier alpha value is -3.07. The molecule has 0 radical (unpaired) electrons. The fourth-order valence-electron chi connectivity index (χ4n) is 4.85. The number of piperazine rings is 1. The Labute approximate surface area is 192 Å². The van der Waals surface area contributed by atoms with Crippen LogP contribution in [0.2, 0.25) is 0 Å². The van der Waals surface area contributed by atoms with Crippen molar-refractivity contribution < 1.29 is 13.9 Å². The molecule has 3 aromatic rings. The number of imidazole rings is 1. The van der Waals surface area contributed by atoms with Crippen molar-refractivity contribution in [2.75, 3.05) is 44.3 Å². The molecule has 2 aliphatic rings. The second-order valence-corrected chi connectivity index (χ2v) is 8.82. The molecule has 4 heterocycles. The van der Waals surface area contributed by atoms with Crippen LogP contribution in [0.1, 0.15) is 37.2 Å². The second kappa shape index (κ2) is 8.70. The monoisotopic (exact) mass is 452 g/mol. The van der Waals surface area contributed by atoms with Crippen LogP contribution in [-0.2, 0) is 9.53 Å². The number of fused-ring (bicyclic) bond motifs is 1. The van der Waals surface area contributed by atoms with Gasteiger partial charge in [-0.1, -0.05) is 12.1 Å². The SMILES string of the molecule is CC(=O)N1CCN(c2nc(C)nc3c2nc(-c2cccc(F)c2C)n3C2CCOCC2)CC1. The van der Waals surface area contributed by atoms with E-state index in [1.807, 2.05) is 17.9 Å². The van der Waals surface area contributed by atoms with Crippen molar-refractivity contribution in [3.05, 3.63) is 35.4 Å². The van der Waals surface area contributed by atoms with Crippen LogP contribution >= 0.6 is 0 Å². The first kappa shape index (κ1) is 21.8. The number of hydrogen-bond donors (Lipinski definition) is 0. The maximum Gasteiger partial charge on any atom is 0.219 e. The van der Waals surface area contributed by atoms with Crippen LogP contribution in [-0.4, -0.2) is 69.7 Å². The topological polar surface area (TPSA) is 76.4 Å². The highest BCUT2D eigenvalue weighted by molar-refractivity contribution is 5.88. The highest BCUT2D eigenvalue weighted by atomic mass is 19.1. The number of halogens is 1. The summed E-state index contributed by atoms with van der Waals surface area (Å²) in [5.74, 6) is 2.01. The fraction of sp³-hybridized carbons (Fsp3) is 0.500. The molecule has 0 bridgehead atoms. The first-order valence-corrected chi connectivity index (χ1v) is 11.5. The maximum atomic E-state index is 14.5. The van der Waals surface area contributed by atoms with Crippen LogP contribution in [0.15, 0.2) is 18.2 Å². The lowest BCUT2D eigenvalue weighted by atomic mass is 10.1. The van der Waals surface area contributed by atoms with Crippen molar-refractivity contribution in [3.63, 3.8) is 0 Å². The first-order chi connectivity index (χ1) is 15.9. The fourth-order valence-corrected chi connectivity index (χ4v) is 4.85. The van der Waals surface area contributed by atoms with Gasteiger partial charge in [-0.15, -0.1) is 0 Å². The number of anilines is 1. The minimum Gasteiger partial charge on any atom is -0.381 e.